The molecule has 0 N–H and O–H groups in total. The van der Waals surface area contributed by atoms with Crippen molar-refractivity contribution >= 4 is 22.6 Å². The quantitative estimate of drug-likeness (QED) is 0.467. The van der Waals surface area contributed by atoms with Crippen LogP contribution in [0.1, 0.15) is 22.5 Å². The summed E-state index contributed by atoms with van der Waals surface area (Å²) in [4.78, 5) is 4.89. The highest BCUT2D eigenvalue weighted by Crippen LogP contribution is 2.22. The Hall–Kier alpha value is -2.58. The fourth-order valence-corrected chi connectivity index (χ4v) is 3.31. The molecule has 2 nitrogen and oxygen atoms in total. The predicted molar refractivity (Wildman–Crippen MR) is 104 cm³/mol. The SMILES string of the molecule is Cc1ccccc1Cn1c(Cc2ccc(Cl)cc2)nc2ccccc21. The summed E-state index contributed by atoms with van der Waals surface area (Å²) < 4.78 is 2.33. The standard InChI is InChI=1S/C22H19ClN2/c1-16-6-2-3-7-18(16)15-25-21-9-5-4-8-20(21)24-22(25)14-17-10-12-19(23)13-11-17/h2-13H,14-15H2,1H3. The smallest absolute Gasteiger partial charge is 0.114 e. The molecule has 0 atom stereocenters. The highest BCUT2D eigenvalue weighted by atomic mass is 35.5. The molecule has 3 heteroatoms. The third kappa shape index (κ3) is 3.31. The average Bonchev–Trinajstić information content (AvgIpc) is 2.96. The topological polar surface area (TPSA) is 17.8 Å². The van der Waals surface area contributed by atoms with Gasteiger partial charge in [-0.25, -0.2) is 4.98 Å². The number of nitrogens with zero attached hydrogens (tertiary/aromatic N) is 2. The summed E-state index contributed by atoms with van der Waals surface area (Å²) in [5.41, 5.74) is 6.06. The summed E-state index contributed by atoms with van der Waals surface area (Å²) in [6.07, 6.45) is 0.789. The van der Waals surface area contributed by atoms with Crippen molar-refractivity contribution in [2.75, 3.05) is 0 Å². The molecule has 124 valence electrons. The number of aromatic nitrogens is 2. The van der Waals surface area contributed by atoms with E-state index in [-0.39, 0.29) is 0 Å². The lowest BCUT2D eigenvalue weighted by Crippen LogP contribution is -2.07. The summed E-state index contributed by atoms with van der Waals surface area (Å²) in [7, 11) is 0. The summed E-state index contributed by atoms with van der Waals surface area (Å²) in [6.45, 7) is 2.99. The number of fused-ring (bicyclic) bond motifs is 1. The van der Waals surface area contributed by atoms with E-state index >= 15 is 0 Å². The van der Waals surface area contributed by atoms with Gasteiger partial charge in [-0.1, -0.05) is 60.1 Å². The van der Waals surface area contributed by atoms with Gasteiger partial charge in [-0.2, -0.15) is 0 Å². The van der Waals surface area contributed by atoms with Gasteiger partial charge in [0.15, 0.2) is 0 Å². The van der Waals surface area contributed by atoms with Crippen LogP contribution in [0.25, 0.3) is 11.0 Å². The summed E-state index contributed by atoms with van der Waals surface area (Å²) in [6, 6.07) is 24.9. The van der Waals surface area contributed by atoms with Gasteiger partial charge in [0.25, 0.3) is 0 Å². The van der Waals surface area contributed by atoms with E-state index in [9.17, 15) is 0 Å². The molecule has 0 aliphatic heterocycles. The number of aryl methyl sites for hydroxylation is 1. The van der Waals surface area contributed by atoms with Crippen LogP contribution in [0.4, 0.5) is 0 Å². The highest BCUT2D eigenvalue weighted by Gasteiger charge is 2.12. The lowest BCUT2D eigenvalue weighted by molar-refractivity contribution is 0.759. The van der Waals surface area contributed by atoms with Crippen LogP contribution in [0.3, 0.4) is 0 Å². The van der Waals surface area contributed by atoms with Crippen molar-refractivity contribution < 1.29 is 0 Å². The molecule has 0 amide bonds. The van der Waals surface area contributed by atoms with Gasteiger partial charge in [-0.05, 0) is 47.9 Å². The molecule has 1 heterocycles. The average molecular weight is 347 g/mol. The maximum atomic E-state index is 6.01. The Morgan fingerprint density at radius 1 is 0.880 bits per heavy atom. The second-order valence-corrected chi connectivity index (χ2v) is 6.77. The zero-order valence-electron chi connectivity index (χ0n) is 14.1. The Bertz CT molecular complexity index is 1020. The second-order valence-electron chi connectivity index (χ2n) is 6.33. The summed E-state index contributed by atoms with van der Waals surface area (Å²) >= 11 is 6.01. The minimum atomic E-state index is 0.761. The Morgan fingerprint density at radius 2 is 1.60 bits per heavy atom. The maximum Gasteiger partial charge on any atom is 0.114 e. The monoisotopic (exact) mass is 346 g/mol. The van der Waals surface area contributed by atoms with Crippen LogP contribution in [0.5, 0.6) is 0 Å². The van der Waals surface area contributed by atoms with Gasteiger partial charge in [0, 0.05) is 18.0 Å². The fraction of sp³-hybridized carbons (Fsp3) is 0.136. The third-order valence-electron chi connectivity index (χ3n) is 4.60. The molecule has 4 aromatic rings. The van der Waals surface area contributed by atoms with Gasteiger partial charge in [-0.15, -0.1) is 0 Å². The number of benzene rings is 3. The number of imidazole rings is 1. The normalized spacial score (nSPS) is 11.1. The Morgan fingerprint density at radius 3 is 2.40 bits per heavy atom. The first-order valence-corrected chi connectivity index (χ1v) is 8.81. The number of halogens is 1. The molecule has 0 saturated heterocycles. The van der Waals surface area contributed by atoms with Crippen molar-refractivity contribution in [2.45, 2.75) is 19.9 Å². The molecule has 0 aliphatic carbocycles. The van der Waals surface area contributed by atoms with Gasteiger partial charge in [0.1, 0.15) is 5.82 Å². The van der Waals surface area contributed by atoms with E-state index in [0.29, 0.717) is 0 Å². The lowest BCUT2D eigenvalue weighted by atomic mass is 10.1. The molecule has 0 spiro atoms. The molecule has 3 aromatic carbocycles. The molecule has 0 bridgehead atoms. The van der Waals surface area contributed by atoms with Crippen LogP contribution in [-0.2, 0) is 13.0 Å². The Balaban J connectivity index is 1.78. The van der Waals surface area contributed by atoms with E-state index in [1.807, 2.05) is 18.2 Å². The molecule has 0 radical (unpaired) electrons. The minimum absolute atomic E-state index is 0.761. The van der Waals surface area contributed by atoms with E-state index in [4.69, 9.17) is 16.6 Å². The van der Waals surface area contributed by atoms with Crippen molar-refractivity contribution in [3.8, 4) is 0 Å². The first kappa shape index (κ1) is 15.9. The molecule has 0 unspecified atom stereocenters. The molecular formula is C22H19ClN2. The van der Waals surface area contributed by atoms with Crippen LogP contribution in [0.15, 0.2) is 72.8 Å². The second kappa shape index (κ2) is 6.73. The van der Waals surface area contributed by atoms with Gasteiger partial charge >= 0.3 is 0 Å². The molecule has 0 fully saturated rings. The van der Waals surface area contributed by atoms with Crippen molar-refractivity contribution in [3.05, 3.63) is 100 Å². The summed E-state index contributed by atoms with van der Waals surface area (Å²) in [5, 5.41) is 0.761. The zero-order valence-corrected chi connectivity index (χ0v) is 14.9. The number of para-hydroxylation sites is 2. The van der Waals surface area contributed by atoms with E-state index in [1.165, 1.54) is 22.2 Å². The first-order chi connectivity index (χ1) is 12.2. The molecule has 4 rings (SSSR count). The van der Waals surface area contributed by atoms with Gasteiger partial charge in [0.2, 0.25) is 0 Å². The van der Waals surface area contributed by atoms with Crippen LogP contribution in [-0.4, -0.2) is 9.55 Å². The minimum Gasteiger partial charge on any atom is -0.323 e. The number of rotatable bonds is 4. The van der Waals surface area contributed by atoms with Crippen molar-refractivity contribution in [1.29, 1.82) is 0 Å². The number of hydrogen-bond donors (Lipinski definition) is 0. The summed E-state index contributed by atoms with van der Waals surface area (Å²) in [5.74, 6) is 1.08. The van der Waals surface area contributed by atoms with Crippen molar-refractivity contribution in [1.82, 2.24) is 9.55 Å². The van der Waals surface area contributed by atoms with E-state index in [0.717, 1.165) is 29.3 Å². The Labute approximate surface area is 152 Å². The van der Waals surface area contributed by atoms with Gasteiger partial charge in [-0.3, -0.25) is 0 Å². The van der Waals surface area contributed by atoms with E-state index in [2.05, 4.69) is 66.1 Å². The van der Waals surface area contributed by atoms with E-state index in [1.54, 1.807) is 0 Å². The maximum absolute atomic E-state index is 6.01. The number of hydrogen-bond acceptors (Lipinski definition) is 1. The van der Waals surface area contributed by atoms with Crippen molar-refractivity contribution in [3.63, 3.8) is 0 Å². The van der Waals surface area contributed by atoms with Crippen molar-refractivity contribution in [2.24, 2.45) is 0 Å². The molecule has 1 aromatic heterocycles. The fourth-order valence-electron chi connectivity index (χ4n) is 3.18. The molecular weight excluding hydrogens is 328 g/mol. The largest absolute Gasteiger partial charge is 0.323 e. The van der Waals surface area contributed by atoms with Crippen LogP contribution in [0.2, 0.25) is 5.02 Å². The first-order valence-electron chi connectivity index (χ1n) is 8.44. The van der Waals surface area contributed by atoms with E-state index < -0.39 is 0 Å². The molecule has 25 heavy (non-hydrogen) atoms. The molecule has 0 saturated carbocycles. The predicted octanol–water partition coefficient (Wildman–Crippen LogP) is 5.64. The van der Waals surface area contributed by atoms with Gasteiger partial charge in [0.05, 0.1) is 11.0 Å². The van der Waals surface area contributed by atoms with Gasteiger partial charge < -0.3 is 4.57 Å². The van der Waals surface area contributed by atoms with Crippen LogP contribution >= 0.6 is 11.6 Å². The highest BCUT2D eigenvalue weighted by molar-refractivity contribution is 6.30. The third-order valence-corrected chi connectivity index (χ3v) is 4.85. The molecule has 0 aliphatic rings. The van der Waals surface area contributed by atoms with Crippen LogP contribution in [0, 0.1) is 6.92 Å². The lowest BCUT2D eigenvalue weighted by Gasteiger charge is -2.12. The Kier molecular flexibility index (Phi) is 4.29. The zero-order chi connectivity index (χ0) is 17.2. The van der Waals surface area contributed by atoms with Crippen LogP contribution < -0.4 is 0 Å².